The number of halogens is 2. The fourth-order valence-electron chi connectivity index (χ4n) is 5.94. The molecule has 204 valence electrons. The molecule has 0 saturated carbocycles. The van der Waals surface area contributed by atoms with Gasteiger partial charge in [0, 0.05) is 36.3 Å². The van der Waals surface area contributed by atoms with Gasteiger partial charge in [0.1, 0.15) is 17.6 Å². The fraction of sp³-hybridized carbons (Fsp3) is 0.258. The number of hydrogen-bond acceptors (Lipinski definition) is 4. The van der Waals surface area contributed by atoms with E-state index in [4.69, 9.17) is 32.9 Å². The summed E-state index contributed by atoms with van der Waals surface area (Å²) in [4.78, 5) is 35.1. The summed E-state index contributed by atoms with van der Waals surface area (Å²) in [5, 5.41) is 1.15. The molecule has 3 heterocycles. The highest BCUT2D eigenvalue weighted by atomic mass is 35.5. The third-order valence-corrected chi connectivity index (χ3v) is 8.20. The number of carbonyl (C=O) groups is 2. The summed E-state index contributed by atoms with van der Waals surface area (Å²) in [6, 6.07) is 14.4. The average Bonchev–Trinajstić information content (AvgIpc) is 3.45. The van der Waals surface area contributed by atoms with Gasteiger partial charge in [-0.3, -0.25) is 14.5 Å². The zero-order chi connectivity index (χ0) is 28.6. The van der Waals surface area contributed by atoms with Crippen LogP contribution in [0.5, 0.6) is 5.75 Å². The third kappa shape index (κ3) is 3.68. The molecule has 0 N–H and O–H groups in total. The first-order valence-corrected chi connectivity index (χ1v) is 13.7. The topological polar surface area (TPSA) is 67.7 Å². The Kier molecular flexibility index (Phi) is 6.20. The van der Waals surface area contributed by atoms with Crippen molar-refractivity contribution in [3.05, 3.63) is 86.7 Å². The number of methoxy groups -OCH3 is 1. The van der Waals surface area contributed by atoms with Gasteiger partial charge in [0.15, 0.2) is 5.69 Å². The van der Waals surface area contributed by atoms with E-state index in [1.54, 1.807) is 33.3 Å². The molecule has 3 aromatic carbocycles. The van der Waals surface area contributed by atoms with Gasteiger partial charge in [-0.25, -0.2) is 4.98 Å². The number of rotatable bonds is 4. The molecular formula is C31H28Cl2N4O3. The molecule has 0 aliphatic carbocycles. The van der Waals surface area contributed by atoms with Crippen LogP contribution in [0.4, 0.5) is 5.69 Å². The number of imidazole rings is 1. The van der Waals surface area contributed by atoms with Crippen LogP contribution in [0.1, 0.15) is 63.6 Å². The quantitative estimate of drug-likeness (QED) is 0.259. The number of ether oxygens (including phenoxy) is 1. The van der Waals surface area contributed by atoms with Crippen LogP contribution in [-0.2, 0) is 0 Å². The molecule has 0 radical (unpaired) electrons. The Bertz CT molecular complexity index is 1740. The lowest BCUT2D eigenvalue weighted by molar-refractivity contribution is 0.0827. The summed E-state index contributed by atoms with van der Waals surface area (Å²) in [6.07, 6.45) is 0. The van der Waals surface area contributed by atoms with Crippen molar-refractivity contribution in [3.8, 4) is 28.3 Å². The molecule has 2 aliphatic heterocycles. The van der Waals surface area contributed by atoms with Gasteiger partial charge < -0.3 is 14.2 Å². The Morgan fingerprint density at radius 3 is 2.48 bits per heavy atom. The van der Waals surface area contributed by atoms with E-state index in [-0.39, 0.29) is 17.9 Å². The SMILES string of the molecule is COc1cc(C(=O)N(C)C)ccc1-c1nc2c(n1C(C)C)C1c3ccc(Cl)cc3-c3c(Cl)ccc(C)c3N1C2=O. The van der Waals surface area contributed by atoms with E-state index in [0.29, 0.717) is 38.4 Å². The van der Waals surface area contributed by atoms with Crippen molar-refractivity contribution in [2.45, 2.75) is 32.9 Å². The summed E-state index contributed by atoms with van der Waals surface area (Å²) in [5.41, 5.74) is 6.74. The van der Waals surface area contributed by atoms with E-state index in [0.717, 1.165) is 33.6 Å². The van der Waals surface area contributed by atoms with Crippen molar-refractivity contribution in [2.75, 3.05) is 26.1 Å². The maximum Gasteiger partial charge on any atom is 0.279 e. The van der Waals surface area contributed by atoms with E-state index < -0.39 is 6.04 Å². The van der Waals surface area contributed by atoms with Crippen LogP contribution in [0, 0.1) is 6.92 Å². The molecule has 1 atom stereocenters. The Hall–Kier alpha value is -3.81. The van der Waals surface area contributed by atoms with Gasteiger partial charge in [0.2, 0.25) is 0 Å². The van der Waals surface area contributed by atoms with Crippen LogP contribution < -0.4 is 9.64 Å². The normalized spacial score (nSPS) is 15.1. The van der Waals surface area contributed by atoms with Crippen molar-refractivity contribution in [1.82, 2.24) is 14.5 Å². The number of fused-ring (bicyclic) bond motifs is 8. The minimum atomic E-state index is -0.413. The summed E-state index contributed by atoms with van der Waals surface area (Å²) < 4.78 is 7.84. The Morgan fingerprint density at radius 2 is 1.80 bits per heavy atom. The molecule has 2 aliphatic rings. The Labute approximate surface area is 242 Å². The lowest BCUT2D eigenvalue weighted by Gasteiger charge is -2.37. The summed E-state index contributed by atoms with van der Waals surface area (Å²) >= 11 is 13.2. The molecule has 9 heteroatoms. The maximum atomic E-state index is 14.2. The largest absolute Gasteiger partial charge is 0.496 e. The number of amides is 2. The summed E-state index contributed by atoms with van der Waals surface area (Å²) in [6.45, 7) is 6.11. The van der Waals surface area contributed by atoms with E-state index in [2.05, 4.69) is 18.4 Å². The fourth-order valence-corrected chi connectivity index (χ4v) is 6.36. The molecule has 40 heavy (non-hydrogen) atoms. The third-order valence-electron chi connectivity index (χ3n) is 7.65. The Balaban J connectivity index is 1.62. The van der Waals surface area contributed by atoms with Gasteiger partial charge in [0.25, 0.3) is 11.8 Å². The number of nitrogens with zero attached hydrogens (tertiary/aromatic N) is 4. The van der Waals surface area contributed by atoms with Gasteiger partial charge in [-0.15, -0.1) is 0 Å². The predicted octanol–water partition coefficient (Wildman–Crippen LogP) is 7.19. The summed E-state index contributed by atoms with van der Waals surface area (Å²) in [7, 11) is 4.98. The second kappa shape index (κ2) is 9.39. The molecule has 7 nitrogen and oxygen atoms in total. The number of aryl methyl sites for hydroxylation is 1. The minimum absolute atomic E-state index is 0.0376. The van der Waals surface area contributed by atoms with E-state index in [9.17, 15) is 9.59 Å². The molecule has 0 fully saturated rings. The molecular weight excluding hydrogens is 547 g/mol. The van der Waals surface area contributed by atoms with Crippen LogP contribution >= 0.6 is 23.2 Å². The van der Waals surface area contributed by atoms with Crippen LogP contribution in [-0.4, -0.2) is 47.5 Å². The molecule has 1 unspecified atom stereocenters. The number of aromatic nitrogens is 2. The molecule has 1 aromatic heterocycles. The molecule has 0 spiro atoms. The number of anilines is 1. The first kappa shape index (κ1) is 26.4. The van der Waals surface area contributed by atoms with Gasteiger partial charge in [-0.05, 0) is 73.9 Å². The van der Waals surface area contributed by atoms with E-state index >= 15 is 0 Å². The minimum Gasteiger partial charge on any atom is -0.496 e. The first-order chi connectivity index (χ1) is 19.0. The number of hydrogen-bond donors (Lipinski definition) is 0. The van der Waals surface area contributed by atoms with Gasteiger partial charge >= 0.3 is 0 Å². The van der Waals surface area contributed by atoms with Crippen molar-refractivity contribution in [1.29, 1.82) is 0 Å². The van der Waals surface area contributed by atoms with Crippen LogP contribution in [0.3, 0.4) is 0 Å². The van der Waals surface area contributed by atoms with Crippen LogP contribution in [0.25, 0.3) is 22.5 Å². The molecule has 6 rings (SSSR count). The molecule has 0 saturated heterocycles. The zero-order valence-corrected chi connectivity index (χ0v) is 24.6. The highest BCUT2D eigenvalue weighted by Gasteiger charge is 2.49. The molecule has 0 bridgehead atoms. The van der Waals surface area contributed by atoms with Crippen molar-refractivity contribution < 1.29 is 14.3 Å². The first-order valence-electron chi connectivity index (χ1n) is 13.0. The average molecular weight is 575 g/mol. The van der Waals surface area contributed by atoms with E-state index in [1.165, 1.54) is 4.90 Å². The van der Waals surface area contributed by atoms with Crippen LogP contribution in [0.2, 0.25) is 10.0 Å². The second-order valence-corrected chi connectivity index (χ2v) is 11.5. The van der Waals surface area contributed by atoms with Crippen LogP contribution in [0.15, 0.2) is 48.5 Å². The number of carbonyl (C=O) groups excluding carboxylic acids is 2. The molecule has 2 amide bonds. The summed E-state index contributed by atoms with van der Waals surface area (Å²) in [5.74, 6) is 0.797. The standard InChI is InChI=1S/C31H28Cl2N4O3/c1-15(2)36-28-25(34-29(36)20-10-8-17(13-23(20)40-6)30(38)35(4)5)31(39)37-26-16(3)7-12-22(33)24(26)21-14-18(32)9-11-19(21)27(28)37/h7-15,27H,1-6H3. The van der Waals surface area contributed by atoms with Crippen molar-refractivity contribution >= 4 is 40.7 Å². The predicted molar refractivity (Wildman–Crippen MR) is 158 cm³/mol. The lowest BCUT2D eigenvalue weighted by Crippen LogP contribution is -2.34. The molecule has 4 aromatic rings. The highest BCUT2D eigenvalue weighted by Crippen LogP contribution is 2.56. The smallest absolute Gasteiger partial charge is 0.279 e. The van der Waals surface area contributed by atoms with Crippen molar-refractivity contribution in [2.24, 2.45) is 0 Å². The number of benzene rings is 3. The second-order valence-electron chi connectivity index (χ2n) is 10.6. The lowest BCUT2D eigenvalue weighted by atomic mass is 9.86. The van der Waals surface area contributed by atoms with E-state index in [1.807, 2.05) is 48.2 Å². The zero-order valence-electron chi connectivity index (χ0n) is 23.0. The maximum absolute atomic E-state index is 14.2. The van der Waals surface area contributed by atoms with Gasteiger partial charge in [-0.1, -0.05) is 35.3 Å². The van der Waals surface area contributed by atoms with Gasteiger partial charge in [-0.2, -0.15) is 0 Å². The Morgan fingerprint density at radius 1 is 1.05 bits per heavy atom. The monoisotopic (exact) mass is 574 g/mol. The van der Waals surface area contributed by atoms with Gasteiger partial charge in [0.05, 0.1) is 29.1 Å². The highest BCUT2D eigenvalue weighted by molar-refractivity contribution is 6.35. The van der Waals surface area contributed by atoms with Crippen molar-refractivity contribution in [3.63, 3.8) is 0 Å².